The highest BCUT2D eigenvalue weighted by atomic mass is 16.6. The lowest BCUT2D eigenvalue weighted by Gasteiger charge is -2.18. The van der Waals surface area contributed by atoms with Crippen molar-refractivity contribution in [2.75, 3.05) is 13.2 Å². The summed E-state index contributed by atoms with van der Waals surface area (Å²) in [6.07, 6.45) is 85.5. The van der Waals surface area contributed by atoms with E-state index in [0.717, 1.165) is 116 Å². The summed E-state index contributed by atoms with van der Waals surface area (Å²) in [5, 5.41) is 0. The van der Waals surface area contributed by atoms with E-state index in [9.17, 15) is 14.4 Å². The number of hydrogen-bond acceptors (Lipinski definition) is 6. The Kier molecular flexibility index (Phi) is 60.8. The highest BCUT2D eigenvalue weighted by Crippen LogP contribution is 2.16. The first-order valence-corrected chi connectivity index (χ1v) is 32.2. The van der Waals surface area contributed by atoms with Gasteiger partial charge >= 0.3 is 17.9 Å². The predicted molar refractivity (Wildman–Crippen MR) is 330 cm³/mol. The molecule has 0 bridgehead atoms. The van der Waals surface area contributed by atoms with Gasteiger partial charge in [-0.1, -0.05) is 266 Å². The molecule has 0 aromatic rings. The molecule has 76 heavy (non-hydrogen) atoms. The van der Waals surface area contributed by atoms with Crippen molar-refractivity contribution in [3.05, 3.63) is 97.2 Å². The minimum absolute atomic E-state index is 0.0903. The van der Waals surface area contributed by atoms with Crippen molar-refractivity contribution in [2.45, 2.75) is 316 Å². The molecule has 0 aliphatic carbocycles. The van der Waals surface area contributed by atoms with E-state index in [1.165, 1.54) is 154 Å². The summed E-state index contributed by atoms with van der Waals surface area (Å²) in [5.74, 6) is -0.916. The number of esters is 3. The monoisotopic (exact) mass is 1060 g/mol. The summed E-state index contributed by atoms with van der Waals surface area (Å²) < 4.78 is 16.9. The normalized spacial score (nSPS) is 12.7. The molecule has 1 unspecified atom stereocenters. The van der Waals surface area contributed by atoms with Crippen molar-refractivity contribution in [3.8, 4) is 0 Å². The zero-order chi connectivity index (χ0) is 55.0. The van der Waals surface area contributed by atoms with Gasteiger partial charge in [0.2, 0.25) is 0 Å². The molecule has 0 aliphatic heterocycles. The summed E-state index contributed by atoms with van der Waals surface area (Å²) >= 11 is 0. The third kappa shape index (κ3) is 61.2. The second-order valence-electron chi connectivity index (χ2n) is 21.3. The fourth-order valence-corrected chi connectivity index (χ4v) is 8.97. The highest BCUT2D eigenvalue weighted by Gasteiger charge is 2.19. The molecule has 6 heteroatoms. The smallest absolute Gasteiger partial charge is 0.306 e. The molecule has 0 aromatic carbocycles. The third-order valence-electron chi connectivity index (χ3n) is 13.8. The van der Waals surface area contributed by atoms with Crippen LogP contribution in [0.5, 0.6) is 0 Å². The first kappa shape index (κ1) is 72.3. The van der Waals surface area contributed by atoms with E-state index in [0.29, 0.717) is 19.3 Å². The number of hydrogen-bond donors (Lipinski definition) is 0. The van der Waals surface area contributed by atoms with Crippen molar-refractivity contribution in [1.29, 1.82) is 0 Å². The van der Waals surface area contributed by atoms with Crippen LogP contribution in [0.25, 0.3) is 0 Å². The van der Waals surface area contributed by atoms with Crippen LogP contribution in [0, 0.1) is 0 Å². The highest BCUT2D eigenvalue weighted by molar-refractivity contribution is 5.71. The van der Waals surface area contributed by atoms with Crippen LogP contribution in [0.15, 0.2) is 97.2 Å². The first-order chi connectivity index (χ1) is 37.5. The van der Waals surface area contributed by atoms with E-state index < -0.39 is 6.10 Å². The molecular weight excluding hydrogens is 937 g/mol. The Balaban J connectivity index is 4.41. The van der Waals surface area contributed by atoms with Crippen molar-refractivity contribution in [1.82, 2.24) is 0 Å². The van der Waals surface area contributed by atoms with E-state index in [-0.39, 0.29) is 31.1 Å². The molecule has 1 atom stereocenters. The fourth-order valence-electron chi connectivity index (χ4n) is 8.97. The van der Waals surface area contributed by atoms with Gasteiger partial charge in [0.05, 0.1) is 0 Å². The van der Waals surface area contributed by atoms with Gasteiger partial charge in [0.1, 0.15) is 13.2 Å². The van der Waals surface area contributed by atoms with Gasteiger partial charge in [0, 0.05) is 19.3 Å². The van der Waals surface area contributed by atoms with Gasteiger partial charge in [-0.05, 0) is 122 Å². The zero-order valence-corrected chi connectivity index (χ0v) is 50.0. The van der Waals surface area contributed by atoms with Crippen LogP contribution in [0.3, 0.4) is 0 Å². The quantitative estimate of drug-likeness (QED) is 0.0261. The molecule has 0 spiro atoms. The average Bonchev–Trinajstić information content (AvgIpc) is 3.42. The van der Waals surface area contributed by atoms with E-state index in [1.54, 1.807) is 0 Å². The standard InChI is InChI=1S/C70H120O6/c1-4-7-10-13-16-19-22-25-28-30-32-34-35-37-38-40-42-45-48-51-54-57-60-63-69(72)75-66-67(65-74-68(71)62-59-56-53-50-47-44-27-24-21-18-15-12-9-6-3)76-70(73)64-61-58-55-52-49-46-43-41-39-36-33-31-29-26-23-20-17-14-11-8-5-2/h7,10,16,19,24-25,27-28,31-34,37-38,42,45,67H,4-6,8-9,11-15,17-18,20-23,26,29-30,35-36,39-41,43-44,46-66H2,1-3H3/b10-7-,19-16-,27-24-,28-25-,33-31-,34-32-,38-37-,45-42-. The number of ether oxygens (including phenoxy) is 3. The lowest BCUT2D eigenvalue weighted by Crippen LogP contribution is -2.30. The second-order valence-corrected chi connectivity index (χ2v) is 21.3. The minimum Gasteiger partial charge on any atom is -0.462 e. The molecule has 0 saturated heterocycles. The molecule has 0 saturated carbocycles. The number of unbranched alkanes of at least 4 members (excludes halogenated alkanes) is 31. The summed E-state index contributed by atoms with van der Waals surface area (Å²) in [6.45, 7) is 6.51. The van der Waals surface area contributed by atoms with Crippen molar-refractivity contribution < 1.29 is 28.6 Å². The Morgan fingerprint density at radius 2 is 0.513 bits per heavy atom. The van der Waals surface area contributed by atoms with Crippen LogP contribution in [0.4, 0.5) is 0 Å². The third-order valence-corrected chi connectivity index (χ3v) is 13.8. The second kappa shape index (κ2) is 63.9. The number of allylic oxidation sites excluding steroid dienone is 16. The van der Waals surface area contributed by atoms with E-state index in [1.807, 2.05) is 0 Å². The van der Waals surface area contributed by atoms with Crippen LogP contribution in [-0.4, -0.2) is 37.2 Å². The van der Waals surface area contributed by atoms with Gasteiger partial charge < -0.3 is 14.2 Å². The van der Waals surface area contributed by atoms with Gasteiger partial charge in [0.15, 0.2) is 6.10 Å². The molecule has 0 amide bonds. The van der Waals surface area contributed by atoms with Crippen LogP contribution in [-0.2, 0) is 28.6 Å². The van der Waals surface area contributed by atoms with Crippen molar-refractivity contribution >= 4 is 17.9 Å². The summed E-state index contributed by atoms with van der Waals surface area (Å²) in [4.78, 5) is 38.3. The largest absolute Gasteiger partial charge is 0.462 e. The topological polar surface area (TPSA) is 78.9 Å². The van der Waals surface area contributed by atoms with E-state index >= 15 is 0 Å². The lowest BCUT2D eigenvalue weighted by molar-refractivity contribution is -0.167. The number of carbonyl (C=O) groups is 3. The van der Waals surface area contributed by atoms with Gasteiger partial charge in [-0.15, -0.1) is 0 Å². The molecular formula is C70H120O6. The molecule has 0 rings (SSSR count). The maximum Gasteiger partial charge on any atom is 0.306 e. The molecule has 0 aromatic heterocycles. The van der Waals surface area contributed by atoms with Crippen LogP contribution < -0.4 is 0 Å². The van der Waals surface area contributed by atoms with Crippen LogP contribution >= 0.6 is 0 Å². The summed E-state index contributed by atoms with van der Waals surface area (Å²) in [6, 6.07) is 0. The van der Waals surface area contributed by atoms with Gasteiger partial charge in [-0.3, -0.25) is 14.4 Å². The van der Waals surface area contributed by atoms with Gasteiger partial charge in [-0.2, -0.15) is 0 Å². The molecule has 0 aliphatic rings. The first-order valence-electron chi connectivity index (χ1n) is 32.2. The molecule has 0 N–H and O–H groups in total. The molecule has 436 valence electrons. The Bertz CT molecular complexity index is 1490. The van der Waals surface area contributed by atoms with E-state index in [4.69, 9.17) is 14.2 Å². The van der Waals surface area contributed by atoms with Crippen LogP contribution in [0.1, 0.15) is 310 Å². The van der Waals surface area contributed by atoms with Gasteiger partial charge in [0.25, 0.3) is 0 Å². The Labute approximate surface area is 470 Å². The zero-order valence-electron chi connectivity index (χ0n) is 50.0. The minimum atomic E-state index is -0.795. The maximum atomic E-state index is 12.9. The van der Waals surface area contributed by atoms with Crippen LogP contribution in [0.2, 0.25) is 0 Å². The van der Waals surface area contributed by atoms with Gasteiger partial charge in [-0.25, -0.2) is 0 Å². The molecule has 6 nitrogen and oxygen atoms in total. The molecule has 0 heterocycles. The Morgan fingerprint density at radius 1 is 0.276 bits per heavy atom. The Hall–Kier alpha value is -3.67. The Morgan fingerprint density at radius 3 is 0.816 bits per heavy atom. The average molecular weight is 1060 g/mol. The number of carbonyl (C=O) groups excluding carboxylic acids is 3. The summed E-state index contributed by atoms with van der Waals surface area (Å²) in [7, 11) is 0. The van der Waals surface area contributed by atoms with Crippen molar-refractivity contribution in [2.24, 2.45) is 0 Å². The molecule has 0 radical (unpaired) electrons. The summed E-state index contributed by atoms with van der Waals surface area (Å²) in [5.41, 5.74) is 0. The van der Waals surface area contributed by atoms with Crippen molar-refractivity contribution in [3.63, 3.8) is 0 Å². The maximum absolute atomic E-state index is 12.9. The predicted octanol–water partition coefficient (Wildman–Crippen LogP) is 22.0. The number of rotatable bonds is 58. The van der Waals surface area contributed by atoms with E-state index in [2.05, 4.69) is 118 Å². The molecule has 0 fully saturated rings. The fraction of sp³-hybridized carbons (Fsp3) is 0.729. The SMILES string of the molecule is CC/C=C\C/C=C\C/C=C\C/C=C\C/C=C\C/C=C\CCCCCCC(=O)OCC(COC(=O)CCCCCCC/C=C\CCCCCCC)OC(=O)CCCCCCCCCCC/C=C\CCCCCCCCCC. The lowest BCUT2D eigenvalue weighted by atomic mass is 10.1.